The number of amides is 2. The van der Waals surface area contributed by atoms with Gasteiger partial charge in [-0.05, 0) is 56.2 Å². The third kappa shape index (κ3) is 8.07. The molecule has 0 radical (unpaired) electrons. The molecule has 0 unspecified atom stereocenters. The van der Waals surface area contributed by atoms with Gasteiger partial charge in [-0.25, -0.2) is 12.8 Å². The van der Waals surface area contributed by atoms with Gasteiger partial charge >= 0.3 is 0 Å². The SMILES string of the molecule is COc1ccc(N(CC(=O)N(Cc2ccccc2F)[C@@H](C)C(=O)NCC(C)C)S(=O)(=O)c2ccc(C)c([N+](=O)[O-])c2)cc1. The first-order valence-corrected chi connectivity index (χ1v) is 14.9. The molecule has 0 heterocycles. The molecule has 1 N–H and O–H groups in total. The summed E-state index contributed by atoms with van der Waals surface area (Å²) in [5.74, 6) is -1.33. The summed E-state index contributed by atoms with van der Waals surface area (Å²) in [6.45, 7) is 6.00. The van der Waals surface area contributed by atoms with Gasteiger partial charge in [0.05, 0.1) is 22.6 Å². The molecule has 0 spiro atoms. The molecule has 0 aromatic heterocycles. The zero-order chi connectivity index (χ0) is 31.9. The van der Waals surface area contributed by atoms with Crippen LogP contribution in [0.15, 0.2) is 71.6 Å². The highest BCUT2D eigenvalue weighted by molar-refractivity contribution is 7.92. The average molecular weight is 615 g/mol. The van der Waals surface area contributed by atoms with E-state index < -0.39 is 55.7 Å². The van der Waals surface area contributed by atoms with E-state index in [1.54, 1.807) is 6.07 Å². The molecule has 0 aliphatic carbocycles. The lowest BCUT2D eigenvalue weighted by atomic mass is 10.1. The predicted molar refractivity (Wildman–Crippen MR) is 160 cm³/mol. The second-order valence-electron chi connectivity index (χ2n) is 10.3. The molecule has 1 atom stereocenters. The monoisotopic (exact) mass is 614 g/mol. The Morgan fingerprint density at radius 3 is 2.28 bits per heavy atom. The molecule has 0 saturated heterocycles. The summed E-state index contributed by atoms with van der Waals surface area (Å²) < 4.78 is 48.6. The number of hydrogen-bond acceptors (Lipinski definition) is 7. The van der Waals surface area contributed by atoms with Crippen LogP contribution in [0.4, 0.5) is 15.8 Å². The molecule has 3 rings (SSSR count). The number of nitro groups is 1. The Morgan fingerprint density at radius 1 is 1.05 bits per heavy atom. The van der Waals surface area contributed by atoms with Gasteiger partial charge in [-0.1, -0.05) is 38.1 Å². The van der Waals surface area contributed by atoms with Crippen molar-refractivity contribution in [3.8, 4) is 5.75 Å². The molecule has 43 heavy (non-hydrogen) atoms. The van der Waals surface area contributed by atoms with Crippen molar-refractivity contribution in [3.05, 3.63) is 93.8 Å². The zero-order valence-electron chi connectivity index (χ0n) is 24.6. The Bertz CT molecular complexity index is 1580. The first-order chi connectivity index (χ1) is 20.3. The number of anilines is 1. The summed E-state index contributed by atoms with van der Waals surface area (Å²) in [5.41, 5.74) is 0.0551. The first-order valence-electron chi connectivity index (χ1n) is 13.5. The predicted octanol–water partition coefficient (Wildman–Crippen LogP) is 4.44. The fourth-order valence-corrected chi connectivity index (χ4v) is 5.63. The molecule has 0 aliphatic rings. The van der Waals surface area contributed by atoms with Crippen molar-refractivity contribution in [3.63, 3.8) is 0 Å². The van der Waals surface area contributed by atoms with Gasteiger partial charge in [-0.15, -0.1) is 0 Å². The summed E-state index contributed by atoms with van der Waals surface area (Å²) in [6, 6.07) is 14.0. The largest absolute Gasteiger partial charge is 0.497 e. The summed E-state index contributed by atoms with van der Waals surface area (Å²) in [7, 11) is -3.12. The van der Waals surface area contributed by atoms with E-state index in [9.17, 15) is 32.5 Å². The Labute approximate surface area is 250 Å². The third-order valence-corrected chi connectivity index (χ3v) is 8.52. The van der Waals surface area contributed by atoms with Crippen LogP contribution in [0.5, 0.6) is 5.75 Å². The van der Waals surface area contributed by atoms with Crippen molar-refractivity contribution >= 4 is 33.2 Å². The van der Waals surface area contributed by atoms with Crippen molar-refractivity contribution in [1.29, 1.82) is 0 Å². The van der Waals surface area contributed by atoms with Crippen molar-refractivity contribution in [1.82, 2.24) is 10.2 Å². The van der Waals surface area contributed by atoms with Crippen LogP contribution in [0.25, 0.3) is 0 Å². The number of benzene rings is 3. The van der Waals surface area contributed by atoms with Crippen molar-refractivity contribution in [2.75, 3.05) is 24.5 Å². The van der Waals surface area contributed by atoms with Gasteiger partial charge in [0.15, 0.2) is 0 Å². The number of carbonyl (C=O) groups is 2. The molecule has 3 aromatic rings. The van der Waals surface area contributed by atoms with Crippen LogP contribution in [-0.2, 0) is 26.2 Å². The van der Waals surface area contributed by atoms with Crippen LogP contribution in [0.3, 0.4) is 0 Å². The summed E-state index contributed by atoms with van der Waals surface area (Å²) >= 11 is 0. The van der Waals surface area contributed by atoms with E-state index >= 15 is 0 Å². The van der Waals surface area contributed by atoms with E-state index in [-0.39, 0.29) is 29.3 Å². The van der Waals surface area contributed by atoms with Gasteiger partial charge in [0, 0.05) is 30.3 Å². The van der Waals surface area contributed by atoms with Gasteiger partial charge in [-0.2, -0.15) is 0 Å². The molecule has 13 heteroatoms. The highest BCUT2D eigenvalue weighted by Gasteiger charge is 2.33. The number of nitrogens with one attached hydrogen (secondary N) is 1. The molecule has 0 bridgehead atoms. The number of hydrogen-bond donors (Lipinski definition) is 1. The van der Waals surface area contributed by atoms with Crippen LogP contribution in [-0.4, -0.2) is 56.3 Å². The molecule has 0 fully saturated rings. The number of rotatable bonds is 13. The molecule has 0 aliphatic heterocycles. The maximum atomic E-state index is 14.7. The maximum absolute atomic E-state index is 14.7. The number of halogens is 1. The van der Waals surface area contributed by atoms with Gasteiger partial charge in [0.25, 0.3) is 15.7 Å². The topological polar surface area (TPSA) is 139 Å². The van der Waals surface area contributed by atoms with Gasteiger partial charge < -0.3 is 15.0 Å². The second kappa shape index (κ2) is 14.1. The lowest BCUT2D eigenvalue weighted by Crippen LogP contribution is -2.51. The fourth-order valence-electron chi connectivity index (χ4n) is 4.20. The fraction of sp³-hybridized carbons (Fsp3) is 0.333. The van der Waals surface area contributed by atoms with Crippen LogP contribution in [0.2, 0.25) is 0 Å². The summed E-state index contributed by atoms with van der Waals surface area (Å²) in [5, 5.41) is 14.3. The number of methoxy groups -OCH3 is 1. The molecule has 3 aromatic carbocycles. The molecule has 11 nitrogen and oxygen atoms in total. The van der Waals surface area contributed by atoms with Crippen LogP contribution in [0.1, 0.15) is 31.9 Å². The minimum absolute atomic E-state index is 0.0696. The van der Waals surface area contributed by atoms with E-state index in [0.717, 1.165) is 15.3 Å². The standard InChI is InChI=1S/C30H35FN4O7S/c1-20(2)17-32-30(37)22(4)33(18-23-8-6-7-9-27(23)31)29(36)19-34(24-11-13-25(42-5)14-12-24)43(40,41)26-15-10-21(3)28(16-26)35(38)39/h6-16,20,22H,17-19H2,1-5H3,(H,32,37)/t22-/m0/s1. The van der Waals surface area contributed by atoms with Crippen LogP contribution < -0.4 is 14.4 Å². The highest BCUT2D eigenvalue weighted by atomic mass is 32.2. The van der Waals surface area contributed by atoms with Crippen molar-refractivity contribution in [2.24, 2.45) is 5.92 Å². The van der Waals surface area contributed by atoms with Crippen LogP contribution in [0, 0.1) is 28.8 Å². The van der Waals surface area contributed by atoms with E-state index in [2.05, 4.69) is 5.32 Å². The molecule has 230 valence electrons. The van der Waals surface area contributed by atoms with Gasteiger partial charge in [0.2, 0.25) is 11.8 Å². The van der Waals surface area contributed by atoms with Gasteiger partial charge in [0.1, 0.15) is 24.2 Å². The second-order valence-corrected chi connectivity index (χ2v) is 12.2. The van der Waals surface area contributed by atoms with Crippen molar-refractivity contribution in [2.45, 2.75) is 45.2 Å². The Hall–Kier alpha value is -4.52. The Morgan fingerprint density at radius 2 is 1.70 bits per heavy atom. The number of nitro benzene ring substituents is 1. The number of carbonyl (C=O) groups excluding carboxylic acids is 2. The number of sulfonamides is 1. The molecule has 0 saturated carbocycles. The quantitative estimate of drug-likeness (QED) is 0.222. The van der Waals surface area contributed by atoms with E-state index in [1.807, 2.05) is 13.8 Å². The number of ether oxygens (including phenoxy) is 1. The lowest BCUT2D eigenvalue weighted by molar-refractivity contribution is -0.385. The minimum atomic E-state index is -4.56. The first kappa shape index (κ1) is 33.0. The van der Waals surface area contributed by atoms with E-state index in [1.165, 1.54) is 75.6 Å². The number of nitrogens with zero attached hydrogens (tertiary/aromatic N) is 3. The third-order valence-electron chi connectivity index (χ3n) is 6.75. The molecular weight excluding hydrogens is 579 g/mol. The maximum Gasteiger partial charge on any atom is 0.273 e. The number of aryl methyl sites for hydroxylation is 1. The zero-order valence-corrected chi connectivity index (χ0v) is 25.4. The smallest absolute Gasteiger partial charge is 0.273 e. The van der Waals surface area contributed by atoms with Gasteiger partial charge in [-0.3, -0.25) is 24.0 Å². The van der Waals surface area contributed by atoms with Crippen molar-refractivity contribution < 1.29 is 32.1 Å². The Balaban J connectivity index is 2.09. The minimum Gasteiger partial charge on any atom is -0.497 e. The van der Waals surface area contributed by atoms with Crippen LogP contribution >= 0.6 is 0 Å². The summed E-state index contributed by atoms with van der Waals surface area (Å²) in [6.07, 6.45) is 0. The average Bonchev–Trinajstić information content (AvgIpc) is 2.97. The normalized spacial score (nSPS) is 12.0. The Kier molecular flexibility index (Phi) is 10.8. The van der Waals surface area contributed by atoms with E-state index in [0.29, 0.717) is 12.3 Å². The van der Waals surface area contributed by atoms with E-state index in [4.69, 9.17) is 4.74 Å². The molecule has 2 amide bonds. The summed E-state index contributed by atoms with van der Waals surface area (Å²) in [4.78, 5) is 38.6. The highest BCUT2D eigenvalue weighted by Crippen LogP contribution is 2.29. The lowest BCUT2D eigenvalue weighted by Gasteiger charge is -2.32. The molecular formula is C30H35FN4O7S.